The third kappa shape index (κ3) is 6.76. The highest BCUT2D eigenvalue weighted by Crippen LogP contribution is 2.00. The Hall–Kier alpha value is -0.660. The molecular weight excluding hydrogens is 212 g/mol. The van der Waals surface area contributed by atoms with Crippen LogP contribution in [0.15, 0.2) is 12.3 Å². The first kappa shape index (κ1) is 15.3. The van der Waals surface area contributed by atoms with Gasteiger partial charge in [0.25, 0.3) is 0 Å². The quantitative estimate of drug-likeness (QED) is 0.324. The normalized spacial score (nSPS) is 11.9. The van der Waals surface area contributed by atoms with Gasteiger partial charge in [0.15, 0.2) is 0 Å². The smallest absolute Gasteiger partial charge is 0.0886 e. The van der Waals surface area contributed by atoms with E-state index in [1.165, 1.54) is 19.4 Å². The van der Waals surface area contributed by atoms with Crippen molar-refractivity contribution in [1.82, 2.24) is 10.5 Å². The van der Waals surface area contributed by atoms with Crippen LogP contribution in [0.1, 0.15) is 19.8 Å². The first-order valence-corrected chi connectivity index (χ1v) is 5.26. The van der Waals surface area contributed by atoms with Gasteiger partial charge in [-0.3, -0.25) is 14.5 Å². The third-order valence-corrected chi connectivity index (χ3v) is 1.74. The highest BCUT2D eigenvalue weighted by atomic mass is 17.0. The number of hydroxylamine groups is 1. The minimum absolute atomic E-state index is 0.609. The van der Waals surface area contributed by atoms with Gasteiger partial charge < -0.3 is 4.74 Å². The molecule has 0 aromatic heterocycles. The van der Waals surface area contributed by atoms with E-state index in [1.54, 1.807) is 13.4 Å². The van der Waals surface area contributed by atoms with Crippen molar-refractivity contribution in [2.45, 2.75) is 19.8 Å². The molecule has 0 aromatic rings. The Bertz CT molecular complexity index is 174. The van der Waals surface area contributed by atoms with Crippen LogP contribution < -0.4 is 0 Å². The van der Waals surface area contributed by atoms with Crippen LogP contribution in [0, 0.1) is 0 Å². The lowest BCUT2D eigenvalue weighted by atomic mass is 10.4. The summed E-state index contributed by atoms with van der Waals surface area (Å²) < 4.78 is 5.25. The summed E-state index contributed by atoms with van der Waals surface area (Å²) in [4.78, 5) is 14.9. The largest absolute Gasteiger partial charge is 0.501 e. The Labute approximate surface area is 97.1 Å². The average Bonchev–Trinajstić information content (AvgIpc) is 2.32. The van der Waals surface area contributed by atoms with Crippen molar-refractivity contribution in [3.05, 3.63) is 12.3 Å². The summed E-state index contributed by atoms with van der Waals surface area (Å²) in [7, 11) is 4.54. The van der Waals surface area contributed by atoms with Gasteiger partial charge in [-0.1, -0.05) is 18.2 Å². The van der Waals surface area contributed by atoms with Crippen molar-refractivity contribution in [3.63, 3.8) is 0 Å². The molecule has 0 saturated carbocycles. The van der Waals surface area contributed by atoms with Crippen molar-refractivity contribution in [2.24, 2.45) is 0 Å². The summed E-state index contributed by atoms with van der Waals surface area (Å²) >= 11 is 0. The van der Waals surface area contributed by atoms with Gasteiger partial charge in [-0.05, 0) is 12.8 Å². The first-order chi connectivity index (χ1) is 7.79. The molecular formula is C10H22N2O4. The molecule has 0 heterocycles. The van der Waals surface area contributed by atoms with Crippen LogP contribution in [0.4, 0.5) is 0 Å². The van der Waals surface area contributed by atoms with E-state index in [0.29, 0.717) is 13.2 Å². The number of hydrazine groups is 1. The molecule has 16 heavy (non-hydrogen) atoms. The summed E-state index contributed by atoms with van der Waals surface area (Å²) in [6.07, 6.45) is 5.45. The fourth-order valence-corrected chi connectivity index (χ4v) is 1.01. The van der Waals surface area contributed by atoms with E-state index in [2.05, 4.69) is 6.92 Å². The molecule has 0 aliphatic rings. The maximum absolute atomic E-state index is 5.25. The lowest BCUT2D eigenvalue weighted by molar-refractivity contribution is -0.514. The zero-order valence-electron chi connectivity index (χ0n) is 10.5. The SMILES string of the molecule is CCC=COCCCN(OC)N(OC)OC. The van der Waals surface area contributed by atoms with E-state index in [9.17, 15) is 0 Å². The highest BCUT2D eigenvalue weighted by molar-refractivity contribution is 4.70. The molecule has 0 aliphatic carbocycles. The molecule has 6 heteroatoms. The van der Waals surface area contributed by atoms with E-state index in [-0.39, 0.29) is 0 Å². The van der Waals surface area contributed by atoms with Gasteiger partial charge in [-0.15, -0.1) is 0 Å². The average molecular weight is 234 g/mol. The van der Waals surface area contributed by atoms with Crippen LogP contribution in [0.2, 0.25) is 0 Å². The summed E-state index contributed by atoms with van der Waals surface area (Å²) in [5.41, 5.74) is 0. The fraction of sp³-hybridized carbons (Fsp3) is 0.800. The molecule has 0 radical (unpaired) electrons. The molecule has 0 aliphatic heterocycles. The summed E-state index contributed by atoms with van der Waals surface area (Å²) in [6, 6.07) is 0. The van der Waals surface area contributed by atoms with Crippen molar-refractivity contribution < 1.29 is 19.2 Å². The molecule has 0 atom stereocenters. The molecule has 0 saturated heterocycles. The van der Waals surface area contributed by atoms with Crippen LogP contribution in [0.5, 0.6) is 0 Å². The molecule has 96 valence electrons. The highest BCUT2D eigenvalue weighted by Gasteiger charge is 2.13. The summed E-state index contributed by atoms with van der Waals surface area (Å²) in [5.74, 6) is 0. The van der Waals surface area contributed by atoms with Crippen LogP contribution in [-0.2, 0) is 19.2 Å². The second-order valence-corrected chi connectivity index (χ2v) is 2.87. The Morgan fingerprint density at radius 3 is 2.25 bits per heavy atom. The standard InChI is InChI=1S/C10H22N2O4/c1-5-6-9-16-10-7-8-11(13-2)12(14-3)15-4/h6,9H,5,7-8,10H2,1-4H3. The Kier molecular flexibility index (Phi) is 10.4. The number of ether oxygens (including phenoxy) is 1. The minimum atomic E-state index is 0.609. The minimum Gasteiger partial charge on any atom is -0.501 e. The Morgan fingerprint density at radius 1 is 1.06 bits per heavy atom. The van der Waals surface area contributed by atoms with E-state index < -0.39 is 0 Å². The van der Waals surface area contributed by atoms with Crippen molar-refractivity contribution in [1.29, 1.82) is 0 Å². The number of hydrogen-bond donors (Lipinski definition) is 0. The molecule has 0 amide bonds. The molecule has 6 nitrogen and oxygen atoms in total. The molecule has 0 spiro atoms. The monoisotopic (exact) mass is 234 g/mol. The van der Waals surface area contributed by atoms with Crippen LogP contribution in [-0.4, -0.2) is 45.0 Å². The van der Waals surface area contributed by atoms with Gasteiger partial charge in [0.2, 0.25) is 0 Å². The zero-order valence-corrected chi connectivity index (χ0v) is 10.5. The van der Waals surface area contributed by atoms with E-state index in [4.69, 9.17) is 19.2 Å². The Morgan fingerprint density at radius 2 is 1.75 bits per heavy atom. The number of allylic oxidation sites excluding steroid dienone is 1. The van der Waals surface area contributed by atoms with E-state index in [1.807, 2.05) is 6.08 Å². The maximum Gasteiger partial charge on any atom is 0.0886 e. The van der Waals surface area contributed by atoms with Crippen molar-refractivity contribution in [3.8, 4) is 0 Å². The van der Waals surface area contributed by atoms with E-state index >= 15 is 0 Å². The van der Waals surface area contributed by atoms with Gasteiger partial charge in [0.05, 0.1) is 34.2 Å². The predicted molar refractivity (Wildman–Crippen MR) is 59.6 cm³/mol. The Balaban J connectivity index is 3.66. The predicted octanol–water partition coefficient (Wildman–Crippen LogP) is 1.52. The summed E-state index contributed by atoms with van der Waals surface area (Å²) in [5, 5.41) is 2.61. The lowest BCUT2D eigenvalue weighted by Gasteiger charge is -2.27. The van der Waals surface area contributed by atoms with Gasteiger partial charge in [-0.25, -0.2) is 0 Å². The van der Waals surface area contributed by atoms with Gasteiger partial charge in [0.1, 0.15) is 0 Å². The van der Waals surface area contributed by atoms with Crippen LogP contribution in [0.25, 0.3) is 0 Å². The maximum atomic E-state index is 5.25. The third-order valence-electron chi connectivity index (χ3n) is 1.74. The first-order valence-electron chi connectivity index (χ1n) is 5.26. The van der Waals surface area contributed by atoms with Crippen molar-refractivity contribution >= 4 is 0 Å². The molecule has 0 fully saturated rings. The number of rotatable bonds is 10. The lowest BCUT2D eigenvalue weighted by Crippen LogP contribution is -2.41. The topological polar surface area (TPSA) is 43.4 Å². The van der Waals surface area contributed by atoms with Crippen LogP contribution >= 0.6 is 0 Å². The molecule has 0 unspecified atom stereocenters. The molecule has 0 rings (SSSR count). The van der Waals surface area contributed by atoms with Gasteiger partial charge in [0, 0.05) is 11.9 Å². The van der Waals surface area contributed by atoms with Gasteiger partial charge in [-0.2, -0.15) is 0 Å². The molecule has 0 aromatic carbocycles. The number of hydrogen-bond acceptors (Lipinski definition) is 6. The van der Waals surface area contributed by atoms with Crippen LogP contribution in [0.3, 0.4) is 0 Å². The summed E-state index contributed by atoms with van der Waals surface area (Å²) in [6.45, 7) is 3.29. The molecule has 0 N–H and O–H groups in total. The second kappa shape index (κ2) is 10.8. The van der Waals surface area contributed by atoms with Gasteiger partial charge >= 0.3 is 0 Å². The molecule has 0 bridgehead atoms. The zero-order chi connectivity index (χ0) is 12.2. The fourth-order valence-electron chi connectivity index (χ4n) is 1.01. The second-order valence-electron chi connectivity index (χ2n) is 2.87. The number of nitrogens with zero attached hydrogens (tertiary/aromatic N) is 2. The van der Waals surface area contributed by atoms with E-state index in [0.717, 1.165) is 18.2 Å². The van der Waals surface area contributed by atoms with Crippen molar-refractivity contribution in [2.75, 3.05) is 34.5 Å².